The van der Waals surface area contributed by atoms with E-state index in [9.17, 15) is 18.4 Å². The second-order valence-corrected chi connectivity index (χ2v) is 7.88. The molecule has 0 aliphatic heterocycles. The molecule has 1 unspecified atom stereocenters. The molecule has 0 aromatic heterocycles. The number of carbonyl (C=O) groups excluding carboxylic acids is 2. The molecule has 150 valence electrons. The van der Waals surface area contributed by atoms with E-state index in [2.05, 4.69) is 31.4 Å². The third kappa shape index (κ3) is 5.87. The van der Waals surface area contributed by atoms with Gasteiger partial charge in [-0.05, 0) is 48.6 Å². The zero-order valence-corrected chi connectivity index (χ0v) is 16.6. The van der Waals surface area contributed by atoms with Crippen molar-refractivity contribution in [3.63, 3.8) is 0 Å². The predicted molar refractivity (Wildman–Crippen MR) is 105 cm³/mol. The first kappa shape index (κ1) is 21.5. The van der Waals surface area contributed by atoms with E-state index in [-0.39, 0.29) is 29.9 Å². The molecule has 2 N–H and O–H groups in total. The second kappa shape index (κ2) is 8.95. The lowest BCUT2D eigenvalue weighted by Crippen LogP contribution is -2.41. The van der Waals surface area contributed by atoms with Gasteiger partial charge in [0.2, 0.25) is 5.91 Å². The molecule has 2 aromatic rings. The molecule has 1 atom stereocenters. The van der Waals surface area contributed by atoms with Crippen LogP contribution in [0, 0.1) is 11.6 Å². The van der Waals surface area contributed by atoms with Crippen LogP contribution in [0.3, 0.4) is 0 Å². The fourth-order valence-electron chi connectivity index (χ4n) is 2.79. The first-order valence-corrected chi connectivity index (χ1v) is 9.19. The summed E-state index contributed by atoms with van der Waals surface area (Å²) in [6.45, 7) is 7.68. The molecule has 0 bridgehead atoms. The highest BCUT2D eigenvalue weighted by Crippen LogP contribution is 2.22. The van der Waals surface area contributed by atoms with Crippen molar-refractivity contribution < 1.29 is 18.4 Å². The van der Waals surface area contributed by atoms with Crippen LogP contribution in [-0.2, 0) is 16.6 Å². The monoisotopic (exact) mass is 388 g/mol. The van der Waals surface area contributed by atoms with Crippen LogP contribution in [0.25, 0.3) is 0 Å². The van der Waals surface area contributed by atoms with E-state index in [1.54, 1.807) is 19.1 Å². The van der Waals surface area contributed by atoms with Gasteiger partial charge in [0.05, 0.1) is 6.54 Å². The van der Waals surface area contributed by atoms with Crippen molar-refractivity contribution in [2.24, 2.45) is 0 Å². The van der Waals surface area contributed by atoms with Crippen molar-refractivity contribution in [1.29, 1.82) is 0 Å². The molecule has 0 spiro atoms. The van der Waals surface area contributed by atoms with E-state index in [4.69, 9.17) is 0 Å². The average Bonchev–Trinajstić information content (AvgIpc) is 2.62. The van der Waals surface area contributed by atoms with Gasteiger partial charge in [0.15, 0.2) is 0 Å². The third-order valence-electron chi connectivity index (χ3n) is 4.40. The van der Waals surface area contributed by atoms with Crippen molar-refractivity contribution in [2.75, 3.05) is 6.54 Å². The summed E-state index contributed by atoms with van der Waals surface area (Å²) in [5.41, 5.74) is 1.49. The number of carbonyl (C=O) groups is 2. The Balaban J connectivity index is 1.85. The summed E-state index contributed by atoms with van der Waals surface area (Å²) in [4.78, 5) is 24.2. The van der Waals surface area contributed by atoms with E-state index < -0.39 is 23.6 Å². The van der Waals surface area contributed by atoms with E-state index in [0.29, 0.717) is 5.56 Å². The van der Waals surface area contributed by atoms with Gasteiger partial charge in [-0.25, -0.2) is 8.78 Å². The van der Waals surface area contributed by atoms with Gasteiger partial charge in [0, 0.05) is 17.2 Å². The lowest BCUT2D eigenvalue weighted by Gasteiger charge is -2.19. The van der Waals surface area contributed by atoms with Crippen molar-refractivity contribution in [1.82, 2.24) is 10.6 Å². The number of amides is 2. The maximum Gasteiger partial charge on any atom is 0.251 e. The molecule has 4 nitrogen and oxygen atoms in total. The molecule has 2 aromatic carbocycles. The van der Waals surface area contributed by atoms with Crippen molar-refractivity contribution in [3.8, 4) is 0 Å². The molecule has 0 saturated heterocycles. The Hall–Kier alpha value is -2.76. The molecular weight excluding hydrogens is 362 g/mol. The summed E-state index contributed by atoms with van der Waals surface area (Å²) in [6.07, 6.45) is 0.0203. The van der Waals surface area contributed by atoms with Crippen LogP contribution in [0.15, 0.2) is 42.5 Å². The van der Waals surface area contributed by atoms with Crippen LogP contribution in [0.1, 0.15) is 49.2 Å². The highest BCUT2D eigenvalue weighted by atomic mass is 19.1. The number of nitrogens with one attached hydrogen (secondary N) is 2. The van der Waals surface area contributed by atoms with Gasteiger partial charge in [-0.2, -0.15) is 0 Å². The second-order valence-electron chi connectivity index (χ2n) is 7.88. The first-order valence-electron chi connectivity index (χ1n) is 9.19. The number of benzene rings is 2. The Kier molecular flexibility index (Phi) is 6.89. The molecule has 2 rings (SSSR count). The fraction of sp³-hybridized carbons (Fsp3) is 0.364. The molecule has 28 heavy (non-hydrogen) atoms. The summed E-state index contributed by atoms with van der Waals surface area (Å²) in [5.74, 6) is -2.08. The number of halogens is 2. The van der Waals surface area contributed by atoms with Crippen LogP contribution >= 0.6 is 0 Å². The SMILES string of the molecule is CC(Cc1c(F)cccc1F)NC(=O)CNC(=O)c1ccc(C(C)(C)C)cc1. The largest absolute Gasteiger partial charge is 0.352 e. The minimum absolute atomic E-state index is 0.0112. The van der Waals surface area contributed by atoms with Gasteiger partial charge in [-0.3, -0.25) is 9.59 Å². The standard InChI is InChI=1S/C22H26F2N2O2/c1-14(12-17-18(23)6-5-7-19(17)24)26-20(27)13-25-21(28)15-8-10-16(11-9-15)22(2,3)4/h5-11,14H,12-13H2,1-4H3,(H,25,28)(H,26,27). The van der Waals surface area contributed by atoms with Gasteiger partial charge >= 0.3 is 0 Å². The Morgan fingerprint density at radius 3 is 2.11 bits per heavy atom. The minimum Gasteiger partial charge on any atom is -0.352 e. The normalized spacial score (nSPS) is 12.4. The van der Waals surface area contributed by atoms with Gasteiger partial charge < -0.3 is 10.6 Å². The number of hydrogen-bond donors (Lipinski definition) is 2. The van der Waals surface area contributed by atoms with Crippen LogP contribution in [0.5, 0.6) is 0 Å². The average molecular weight is 388 g/mol. The molecule has 0 radical (unpaired) electrons. The molecule has 0 aliphatic carbocycles. The molecule has 0 fully saturated rings. The maximum absolute atomic E-state index is 13.7. The lowest BCUT2D eigenvalue weighted by atomic mass is 9.87. The van der Waals surface area contributed by atoms with Crippen LogP contribution in [0.2, 0.25) is 0 Å². The fourth-order valence-corrected chi connectivity index (χ4v) is 2.79. The molecule has 6 heteroatoms. The van der Waals surface area contributed by atoms with Crippen molar-refractivity contribution in [3.05, 3.63) is 70.8 Å². The van der Waals surface area contributed by atoms with E-state index in [0.717, 1.165) is 5.56 Å². The molecule has 0 saturated carbocycles. The van der Waals surface area contributed by atoms with Gasteiger partial charge in [-0.15, -0.1) is 0 Å². The maximum atomic E-state index is 13.7. The number of rotatable bonds is 6. The zero-order valence-electron chi connectivity index (χ0n) is 16.6. The molecule has 0 heterocycles. The number of hydrogen-bond acceptors (Lipinski definition) is 2. The summed E-state index contributed by atoms with van der Waals surface area (Å²) >= 11 is 0. The van der Waals surface area contributed by atoms with Crippen LogP contribution in [-0.4, -0.2) is 24.4 Å². The highest BCUT2D eigenvalue weighted by molar-refractivity contribution is 5.96. The first-order chi connectivity index (χ1) is 13.1. The van der Waals surface area contributed by atoms with E-state index in [1.807, 2.05) is 12.1 Å². The Bertz CT molecular complexity index is 822. The molecule has 2 amide bonds. The Morgan fingerprint density at radius 1 is 1.00 bits per heavy atom. The Labute approximate surface area is 164 Å². The summed E-state index contributed by atoms with van der Waals surface area (Å²) < 4.78 is 27.4. The topological polar surface area (TPSA) is 58.2 Å². The van der Waals surface area contributed by atoms with Crippen molar-refractivity contribution >= 4 is 11.8 Å². The smallest absolute Gasteiger partial charge is 0.251 e. The highest BCUT2D eigenvalue weighted by Gasteiger charge is 2.16. The lowest BCUT2D eigenvalue weighted by molar-refractivity contribution is -0.120. The quantitative estimate of drug-likeness (QED) is 0.792. The van der Waals surface area contributed by atoms with Crippen LogP contribution in [0.4, 0.5) is 8.78 Å². The summed E-state index contributed by atoms with van der Waals surface area (Å²) in [5, 5.41) is 5.18. The van der Waals surface area contributed by atoms with Gasteiger partial charge in [0.25, 0.3) is 5.91 Å². The predicted octanol–water partition coefficient (Wildman–Crippen LogP) is 3.74. The van der Waals surface area contributed by atoms with Gasteiger partial charge in [-0.1, -0.05) is 39.0 Å². The zero-order chi connectivity index (χ0) is 20.9. The minimum atomic E-state index is -0.645. The molecule has 0 aliphatic rings. The van der Waals surface area contributed by atoms with Crippen LogP contribution < -0.4 is 10.6 Å². The van der Waals surface area contributed by atoms with E-state index >= 15 is 0 Å². The van der Waals surface area contributed by atoms with Gasteiger partial charge in [0.1, 0.15) is 11.6 Å². The summed E-state index contributed by atoms with van der Waals surface area (Å²) in [6, 6.07) is 10.4. The third-order valence-corrected chi connectivity index (χ3v) is 4.40. The van der Waals surface area contributed by atoms with E-state index in [1.165, 1.54) is 18.2 Å². The Morgan fingerprint density at radius 2 is 1.57 bits per heavy atom. The van der Waals surface area contributed by atoms with Crippen molar-refractivity contribution in [2.45, 2.75) is 45.6 Å². The molecular formula is C22H26F2N2O2. The summed E-state index contributed by atoms with van der Waals surface area (Å²) in [7, 11) is 0.